The Kier molecular flexibility index (Phi) is 4.78. The molecular formula is C17H32N2O. The van der Waals surface area contributed by atoms with Crippen LogP contribution in [0.15, 0.2) is 0 Å². The second-order valence-electron chi connectivity index (χ2n) is 7.73. The third-order valence-corrected chi connectivity index (χ3v) is 5.68. The minimum atomic E-state index is 0.0450. The highest BCUT2D eigenvalue weighted by Crippen LogP contribution is 2.35. The van der Waals surface area contributed by atoms with Crippen molar-refractivity contribution in [3.05, 3.63) is 0 Å². The van der Waals surface area contributed by atoms with Gasteiger partial charge in [-0.3, -0.25) is 10.1 Å². The summed E-state index contributed by atoms with van der Waals surface area (Å²) in [6, 6.07) is 0.0450. The number of carbonyl (C=O) groups excluding carboxylic acids is 1. The molecule has 2 fully saturated rings. The Hall–Kier alpha value is -0.570. The summed E-state index contributed by atoms with van der Waals surface area (Å²) in [4.78, 5) is 14.8. The summed E-state index contributed by atoms with van der Waals surface area (Å²) in [6.07, 6.45) is 6.40. The van der Waals surface area contributed by atoms with Crippen LogP contribution in [0.4, 0.5) is 0 Å². The molecule has 20 heavy (non-hydrogen) atoms. The van der Waals surface area contributed by atoms with E-state index >= 15 is 0 Å². The molecule has 1 saturated heterocycles. The first-order valence-corrected chi connectivity index (χ1v) is 8.43. The molecule has 1 saturated carbocycles. The van der Waals surface area contributed by atoms with Crippen LogP contribution in [-0.4, -0.2) is 29.6 Å². The number of hydrogen-bond donors (Lipinski definition) is 1. The Morgan fingerprint density at radius 2 is 1.90 bits per heavy atom. The molecule has 1 N–H and O–H groups in total. The van der Waals surface area contributed by atoms with Gasteiger partial charge in [-0.15, -0.1) is 0 Å². The predicted octanol–water partition coefficient (Wildman–Crippen LogP) is 3.40. The quantitative estimate of drug-likeness (QED) is 0.837. The zero-order valence-electron chi connectivity index (χ0n) is 13.9. The van der Waals surface area contributed by atoms with Crippen molar-refractivity contribution < 1.29 is 4.79 Å². The van der Waals surface area contributed by atoms with Crippen LogP contribution in [0.2, 0.25) is 0 Å². The van der Waals surface area contributed by atoms with Crippen molar-refractivity contribution in [1.82, 2.24) is 10.2 Å². The lowest BCUT2D eigenvalue weighted by atomic mass is 9.80. The smallest absolute Gasteiger partial charge is 0.241 e. The van der Waals surface area contributed by atoms with Crippen LogP contribution < -0.4 is 5.32 Å². The highest BCUT2D eigenvalue weighted by atomic mass is 16.2. The van der Waals surface area contributed by atoms with Crippen molar-refractivity contribution in [3.63, 3.8) is 0 Å². The van der Waals surface area contributed by atoms with E-state index in [0.717, 1.165) is 13.0 Å². The Labute approximate surface area is 124 Å². The highest BCUT2D eigenvalue weighted by molar-refractivity contribution is 5.84. The minimum Gasteiger partial charge on any atom is -0.325 e. The van der Waals surface area contributed by atoms with E-state index in [1.54, 1.807) is 0 Å². The molecule has 2 atom stereocenters. The van der Waals surface area contributed by atoms with Gasteiger partial charge in [-0.1, -0.05) is 47.5 Å². The summed E-state index contributed by atoms with van der Waals surface area (Å²) in [6.45, 7) is 12.1. The Morgan fingerprint density at radius 1 is 1.30 bits per heavy atom. The fourth-order valence-electron chi connectivity index (χ4n) is 3.46. The van der Waals surface area contributed by atoms with Crippen molar-refractivity contribution in [2.45, 2.75) is 78.9 Å². The van der Waals surface area contributed by atoms with E-state index in [9.17, 15) is 4.79 Å². The van der Waals surface area contributed by atoms with Crippen LogP contribution in [0.5, 0.6) is 0 Å². The Morgan fingerprint density at radius 3 is 2.40 bits per heavy atom. The van der Waals surface area contributed by atoms with Crippen molar-refractivity contribution in [2.75, 3.05) is 6.54 Å². The van der Waals surface area contributed by atoms with Gasteiger partial charge in [0.05, 0.1) is 12.2 Å². The van der Waals surface area contributed by atoms with Gasteiger partial charge in [0.1, 0.15) is 0 Å². The third kappa shape index (κ3) is 3.03. The molecule has 1 heterocycles. The van der Waals surface area contributed by atoms with E-state index in [2.05, 4.69) is 44.8 Å². The van der Waals surface area contributed by atoms with E-state index in [4.69, 9.17) is 0 Å². The minimum absolute atomic E-state index is 0.0450. The van der Waals surface area contributed by atoms with Gasteiger partial charge in [0, 0.05) is 6.54 Å². The van der Waals surface area contributed by atoms with Crippen molar-refractivity contribution >= 4 is 5.91 Å². The lowest BCUT2D eigenvalue weighted by Crippen LogP contribution is -2.47. The largest absolute Gasteiger partial charge is 0.325 e. The SMILES string of the molecule is CCC1NC(C2CCCC2)N(CC(C)(C)C(C)C)C1=O. The summed E-state index contributed by atoms with van der Waals surface area (Å²) in [5.41, 5.74) is 0.177. The molecule has 0 aromatic rings. The zero-order chi connectivity index (χ0) is 14.9. The van der Waals surface area contributed by atoms with Crippen LogP contribution in [0, 0.1) is 17.3 Å². The normalized spacial score (nSPS) is 28.9. The van der Waals surface area contributed by atoms with Gasteiger partial charge in [0.15, 0.2) is 0 Å². The molecule has 2 rings (SSSR count). The monoisotopic (exact) mass is 280 g/mol. The van der Waals surface area contributed by atoms with Crippen LogP contribution in [0.1, 0.15) is 66.7 Å². The van der Waals surface area contributed by atoms with Gasteiger partial charge in [0.25, 0.3) is 0 Å². The maximum Gasteiger partial charge on any atom is 0.241 e. The van der Waals surface area contributed by atoms with E-state index < -0.39 is 0 Å². The van der Waals surface area contributed by atoms with Crippen molar-refractivity contribution in [2.24, 2.45) is 17.3 Å². The van der Waals surface area contributed by atoms with E-state index in [1.165, 1.54) is 25.7 Å². The van der Waals surface area contributed by atoms with E-state index in [1.807, 2.05) is 0 Å². The van der Waals surface area contributed by atoms with E-state index in [0.29, 0.717) is 17.7 Å². The summed E-state index contributed by atoms with van der Waals surface area (Å²) >= 11 is 0. The van der Waals surface area contributed by atoms with Gasteiger partial charge in [-0.25, -0.2) is 0 Å². The lowest BCUT2D eigenvalue weighted by Gasteiger charge is -2.38. The second-order valence-corrected chi connectivity index (χ2v) is 7.73. The molecule has 116 valence electrons. The molecule has 1 amide bonds. The molecule has 2 unspecified atom stereocenters. The average Bonchev–Trinajstić information content (AvgIpc) is 2.99. The Bertz CT molecular complexity index is 345. The number of amides is 1. The predicted molar refractivity (Wildman–Crippen MR) is 83.3 cm³/mol. The zero-order valence-corrected chi connectivity index (χ0v) is 13.9. The lowest BCUT2D eigenvalue weighted by molar-refractivity contribution is -0.132. The van der Waals surface area contributed by atoms with Gasteiger partial charge in [0.2, 0.25) is 5.91 Å². The van der Waals surface area contributed by atoms with Gasteiger partial charge in [-0.2, -0.15) is 0 Å². The molecule has 3 heteroatoms. The fourth-order valence-corrected chi connectivity index (χ4v) is 3.46. The molecule has 1 aliphatic heterocycles. The highest BCUT2D eigenvalue weighted by Gasteiger charge is 2.44. The Balaban J connectivity index is 2.14. The third-order valence-electron chi connectivity index (χ3n) is 5.68. The van der Waals surface area contributed by atoms with Gasteiger partial charge < -0.3 is 4.90 Å². The number of hydrogen-bond acceptors (Lipinski definition) is 2. The average molecular weight is 280 g/mol. The van der Waals surface area contributed by atoms with E-state index in [-0.39, 0.29) is 17.6 Å². The van der Waals surface area contributed by atoms with Crippen LogP contribution in [-0.2, 0) is 4.79 Å². The molecule has 3 nitrogen and oxygen atoms in total. The molecule has 0 aromatic carbocycles. The van der Waals surface area contributed by atoms with Crippen molar-refractivity contribution in [1.29, 1.82) is 0 Å². The van der Waals surface area contributed by atoms with Crippen LogP contribution in [0.25, 0.3) is 0 Å². The molecule has 0 radical (unpaired) electrons. The number of nitrogens with one attached hydrogen (secondary N) is 1. The standard InChI is InChI=1S/C17H32N2O/c1-6-14-16(20)19(11-17(4,5)12(2)3)15(18-14)13-9-7-8-10-13/h12-15,18H,6-11H2,1-5H3. The van der Waals surface area contributed by atoms with Gasteiger partial charge >= 0.3 is 0 Å². The molecule has 1 aliphatic carbocycles. The second kappa shape index (κ2) is 6.05. The summed E-state index contributed by atoms with van der Waals surface area (Å²) < 4.78 is 0. The number of rotatable bonds is 5. The first-order chi connectivity index (χ1) is 9.36. The maximum absolute atomic E-state index is 12.7. The van der Waals surface area contributed by atoms with Gasteiger partial charge in [-0.05, 0) is 36.5 Å². The summed E-state index contributed by atoms with van der Waals surface area (Å²) in [5, 5.41) is 3.62. The molecular weight excluding hydrogens is 248 g/mol. The molecule has 0 spiro atoms. The molecule has 2 aliphatic rings. The summed E-state index contributed by atoms with van der Waals surface area (Å²) in [7, 11) is 0. The summed E-state index contributed by atoms with van der Waals surface area (Å²) in [5.74, 6) is 1.58. The molecule has 0 bridgehead atoms. The van der Waals surface area contributed by atoms with Crippen molar-refractivity contribution in [3.8, 4) is 0 Å². The number of nitrogens with zero attached hydrogens (tertiary/aromatic N) is 1. The van der Waals surface area contributed by atoms with Crippen LogP contribution in [0.3, 0.4) is 0 Å². The first-order valence-electron chi connectivity index (χ1n) is 8.43. The van der Waals surface area contributed by atoms with Crippen LogP contribution >= 0.6 is 0 Å². The number of carbonyl (C=O) groups is 1. The fraction of sp³-hybridized carbons (Fsp3) is 0.941. The topological polar surface area (TPSA) is 32.3 Å². The first kappa shape index (κ1) is 15.8. The molecule has 0 aromatic heterocycles. The maximum atomic E-state index is 12.7.